The lowest BCUT2D eigenvalue weighted by Gasteiger charge is -2.38. The summed E-state index contributed by atoms with van der Waals surface area (Å²) in [7, 11) is 0. The van der Waals surface area contributed by atoms with E-state index in [-0.39, 0.29) is 13.0 Å². The second-order valence-corrected chi connectivity index (χ2v) is 9.16. The van der Waals surface area contributed by atoms with Crippen molar-refractivity contribution < 1.29 is 23.1 Å². The van der Waals surface area contributed by atoms with Gasteiger partial charge in [-0.3, -0.25) is 18.8 Å². The summed E-state index contributed by atoms with van der Waals surface area (Å²) in [6, 6.07) is 11.5. The number of β-amino-alcohol motifs (C(OH)–C–C–N with tert-alkyl or cyclic N) is 1. The van der Waals surface area contributed by atoms with E-state index in [1.165, 1.54) is 0 Å². The molecule has 4 heterocycles. The van der Waals surface area contributed by atoms with E-state index in [0.717, 1.165) is 41.1 Å². The van der Waals surface area contributed by atoms with Crippen molar-refractivity contribution >= 4 is 11.4 Å². The van der Waals surface area contributed by atoms with E-state index in [9.17, 15) is 18.0 Å². The fourth-order valence-corrected chi connectivity index (χ4v) is 4.53. The van der Waals surface area contributed by atoms with Gasteiger partial charge in [0.25, 0.3) is 0 Å². The number of Topliss-reactive ketones (excluding diaryl/α,β-unsaturated/α-hetero) is 1. The van der Waals surface area contributed by atoms with Crippen LogP contribution in [0.2, 0.25) is 0 Å². The van der Waals surface area contributed by atoms with Crippen LogP contribution in [-0.4, -0.2) is 67.4 Å². The Balaban J connectivity index is 1.30. The van der Waals surface area contributed by atoms with E-state index < -0.39 is 24.8 Å². The summed E-state index contributed by atoms with van der Waals surface area (Å²) in [4.78, 5) is 18.7. The fraction of sp³-hybridized carbons (Fsp3) is 0.346. The SMILES string of the molecule is O=C(CCC(F)(F)F)Cc1cccc(-c2cnc3cc(-c4cnn(C5CN(CCO)C5)c4)ccn23)c1. The number of carbonyl (C=O) groups is 1. The highest BCUT2D eigenvalue weighted by Gasteiger charge is 2.29. The van der Waals surface area contributed by atoms with Crippen molar-refractivity contribution in [2.24, 2.45) is 0 Å². The number of halogens is 3. The Morgan fingerprint density at radius 2 is 1.92 bits per heavy atom. The van der Waals surface area contributed by atoms with Gasteiger partial charge in [-0.15, -0.1) is 0 Å². The van der Waals surface area contributed by atoms with Crippen LogP contribution in [-0.2, 0) is 11.2 Å². The molecule has 1 aromatic carbocycles. The third kappa shape index (κ3) is 5.34. The second kappa shape index (κ2) is 9.87. The van der Waals surface area contributed by atoms with Crippen LogP contribution in [0.25, 0.3) is 28.0 Å². The van der Waals surface area contributed by atoms with Gasteiger partial charge in [-0.25, -0.2) is 4.98 Å². The summed E-state index contributed by atoms with van der Waals surface area (Å²) >= 11 is 0. The quantitative estimate of drug-likeness (QED) is 0.376. The van der Waals surface area contributed by atoms with E-state index in [4.69, 9.17) is 5.11 Å². The van der Waals surface area contributed by atoms with Gasteiger partial charge < -0.3 is 5.11 Å². The molecule has 1 aliphatic rings. The largest absolute Gasteiger partial charge is 0.395 e. The van der Waals surface area contributed by atoms with Crippen molar-refractivity contribution in [3.8, 4) is 22.4 Å². The van der Waals surface area contributed by atoms with Crippen molar-refractivity contribution in [3.63, 3.8) is 0 Å². The number of aliphatic hydroxyl groups excluding tert-OH is 1. The van der Waals surface area contributed by atoms with Gasteiger partial charge in [-0.05, 0) is 29.3 Å². The molecule has 1 fully saturated rings. The summed E-state index contributed by atoms with van der Waals surface area (Å²) in [6.07, 6.45) is 1.57. The van der Waals surface area contributed by atoms with Crippen LogP contribution >= 0.6 is 0 Å². The minimum atomic E-state index is -4.33. The molecule has 0 amide bonds. The van der Waals surface area contributed by atoms with Gasteiger partial charge in [-0.1, -0.05) is 18.2 Å². The first-order valence-electron chi connectivity index (χ1n) is 11.8. The summed E-state index contributed by atoms with van der Waals surface area (Å²) in [6.45, 7) is 2.59. The van der Waals surface area contributed by atoms with Crippen molar-refractivity contribution in [1.29, 1.82) is 0 Å². The molecule has 7 nitrogen and oxygen atoms in total. The first kappa shape index (κ1) is 24.2. The third-order valence-electron chi connectivity index (χ3n) is 6.49. The van der Waals surface area contributed by atoms with Crippen LogP contribution in [0.4, 0.5) is 13.2 Å². The molecule has 1 aliphatic heterocycles. The molecule has 0 bridgehead atoms. The first-order chi connectivity index (χ1) is 17.3. The average molecular weight is 498 g/mol. The average Bonchev–Trinajstić information content (AvgIpc) is 3.46. The summed E-state index contributed by atoms with van der Waals surface area (Å²) in [5.41, 5.74) is 5.06. The van der Waals surface area contributed by atoms with E-state index in [0.29, 0.717) is 18.2 Å². The zero-order valence-electron chi connectivity index (χ0n) is 19.5. The molecule has 188 valence electrons. The van der Waals surface area contributed by atoms with Gasteiger partial charge in [0.1, 0.15) is 11.4 Å². The highest BCUT2D eigenvalue weighted by atomic mass is 19.4. The number of rotatable bonds is 9. The summed E-state index contributed by atoms with van der Waals surface area (Å²) < 4.78 is 41.1. The molecule has 0 atom stereocenters. The van der Waals surface area contributed by atoms with Gasteiger partial charge >= 0.3 is 6.18 Å². The van der Waals surface area contributed by atoms with E-state index in [1.807, 2.05) is 51.9 Å². The number of carbonyl (C=O) groups excluding carboxylic acids is 1. The molecule has 10 heteroatoms. The van der Waals surface area contributed by atoms with Crippen LogP contribution in [0, 0.1) is 0 Å². The number of aliphatic hydroxyl groups is 1. The number of likely N-dealkylation sites (tertiary alicyclic amines) is 1. The number of hydrogen-bond acceptors (Lipinski definition) is 5. The Bertz CT molecular complexity index is 1370. The van der Waals surface area contributed by atoms with Crippen molar-refractivity contribution in [1.82, 2.24) is 24.1 Å². The number of hydrogen-bond donors (Lipinski definition) is 1. The standard InChI is InChI=1S/C26H26F3N5O2/c27-26(28,29)6-4-23(36)11-18-2-1-3-20(10-18)24-14-30-25-12-19(5-7-33(24)25)21-13-31-34(15-21)22-16-32(17-22)8-9-35/h1-3,5,7,10,12-15,22,35H,4,6,8-9,11,16-17H2. The lowest BCUT2D eigenvalue weighted by molar-refractivity contribution is -0.143. The van der Waals surface area contributed by atoms with E-state index in [1.54, 1.807) is 18.3 Å². The fourth-order valence-electron chi connectivity index (χ4n) is 4.53. The van der Waals surface area contributed by atoms with Gasteiger partial charge in [0, 0.05) is 56.0 Å². The van der Waals surface area contributed by atoms with Crippen molar-refractivity contribution in [3.05, 3.63) is 66.7 Å². The summed E-state index contributed by atoms with van der Waals surface area (Å²) in [5, 5.41) is 13.6. The third-order valence-corrected chi connectivity index (χ3v) is 6.49. The van der Waals surface area contributed by atoms with Gasteiger partial charge in [-0.2, -0.15) is 18.3 Å². The topological polar surface area (TPSA) is 75.7 Å². The maximum Gasteiger partial charge on any atom is 0.389 e. The predicted molar refractivity (Wildman–Crippen MR) is 128 cm³/mol. The Kier molecular flexibility index (Phi) is 6.63. The number of imidazole rings is 1. The normalized spacial score (nSPS) is 14.9. The van der Waals surface area contributed by atoms with Crippen molar-refractivity contribution in [2.45, 2.75) is 31.5 Å². The van der Waals surface area contributed by atoms with Gasteiger partial charge in [0.05, 0.1) is 37.2 Å². The van der Waals surface area contributed by atoms with E-state index in [2.05, 4.69) is 15.0 Å². The molecule has 0 unspecified atom stereocenters. The maximum atomic E-state index is 12.4. The number of pyridine rings is 1. The number of alkyl halides is 3. The molecular weight excluding hydrogens is 471 g/mol. The smallest absolute Gasteiger partial charge is 0.389 e. The molecule has 4 aromatic rings. The van der Waals surface area contributed by atoms with Crippen LogP contribution < -0.4 is 0 Å². The molecule has 0 radical (unpaired) electrons. The van der Waals surface area contributed by atoms with E-state index >= 15 is 0 Å². The first-order valence-corrected chi connectivity index (χ1v) is 11.8. The molecule has 3 aromatic heterocycles. The number of aromatic nitrogens is 4. The maximum absolute atomic E-state index is 12.4. The second-order valence-electron chi connectivity index (χ2n) is 9.16. The molecule has 5 rings (SSSR count). The lowest BCUT2D eigenvalue weighted by Crippen LogP contribution is -2.48. The number of benzene rings is 1. The Labute approximate surface area is 205 Å². The molecule has 1 N–H and O–H groups in total. The zero-order valence-corrected chi connectivity index (χ0v) is 19.5. The van der Waals surface area contributed by atoms with Gasteiger partial charge in [0.15, 0.2) is 0 Å². The molecule has 36 heavy (non-hydrogen) atoms. The zero-order chi connectivity index (χ0) is 25.3. The van der Waals surface area contributed by atoms with Crippen LogP contribution in [0.15, 0.2) is 61.2 Å². The molecule has 0 saturated carbocycles. The Morgan fingerprint density at radius 3 is 2.69 bits per heavy atom. The lowest BCUT2D eigenvalue weighted by atomic mass is 10.0. The van der Waals surface area contributed by atoms with Crippen molar-refractivity contribution in [2.75, 3.05) is 26.2 Å². The molecular formula is C26H26F3N5O2. The highest BCUT2D eigenvalue weighted by molar-refractivity contribution is 5.81. The van der Waals surface area contributed by atoms with Crippen LogP contribution in [0.5, 0.6) is 0 Å². The summed E-state index contributed by atoms with van der Waals surface area (Å²) in [5.74, 6) is -0.434. The molecule has 0 aliphatic carbocycles. The highest BCUT2D eigenvalue weighted by Crippen LogP contribution is 2.28. The number of ketones is 1. The number of fused-ring (bicyclic) bond motifs is 1. The monoisotopic (exact) mass is 497 g/mol. The van der Waals surface area contributed by atoms with Crippen LogP contribution in [0.1, 0.15) is 24.4 Å². The van der Waals surface area contributed by atoms with Gasteiger partial charge in [0.2, 0.25) is 0 Å². The minimum Gasteiger partial charge on any atom is -0.395 e. The Hall–Kier alpha value is -3.50. The molecule has 1 saturated heterocycles. The minimum absolute atomic E-state index is 0.0342. The number of nitrogens with zero attached hydrogens (tertiary/aromatic N) is 5. The predicted octanol–water partition coefficient (Wildman–Crippen LogP) is 4.17. The van der Waals surface area contributed by atoms with Crippen LogP contribution in [0.3, 0.4) is 0 Å². The Morgan fingerprint density at radius 1 is 1.08 bits per heavy atom. The molecule has 0 spiro atoms.